The number of carbonyl (C=O) groups excluding carboxylic acids is 1. The molecule has 1 amide bonds. The number of nitrogens with zero attached hydrogens (tertiary/aromatic N) is 1. The zero-order valence-corrected chi connectivity index (χ0v) is 11.0. The molecule has 0 aliphatic heterocycles. The maximum atomic E-state index is 11.7. The molecule has 1 rings (SSSR count). The van der Waals surface area contributed by atoms with Gasteiger partial charge in [0, 0.05) is 13.7 Å². The van der Waals surface area contributed by atoms with Crippen molar-refractivity contribution in [1.82, 2.24) is 5.32 Å². The maximum absolute atomic E-state index is 11.7. The number of carbonyl (C=O) groups is 1. The van der Waals surface area contributed by atoms with Crippen molar-refractivity contribution in [2.24, 2.45) is 0 Å². The van der Waals surface area contributed by atoms with Gasteiger partial charge in [-0.05, 0) is 23.8 Å². The van der Waals surface area contributed by atoms with Crippen LogP contribution in [0.25, 0.3) is 6.08 Å². The van der Waals surface area contributed by atoms with Crippen molar-refractivity contribution in [3.05, 3.63) is 35.4 Å². The van der Waals surface area contributed by atoms with E-state index in [0.29, 0.717) is 18.9 Å². The molecule has 0 heterocycles. The number of nitrogens with one attached hydrogen (secondary N) is 1. The molecule has 0 saturated heterocycles. The van der Waals surface area contributed by atoms with E-state index in [2.05, 4.69) is 5.32 Å². The van der Waals surface area contributed by atoms with E-state index < -0.39 is 5.91 Å². The molecule has 19 heavy (non-hydrogen) atoms. The molecule has 5 heteroatoms. The molecular formula is C14H16N2O3. The molecule has 0 spiro atoms. The van der Waals surface area contributed by atoms with E-state index in [1.54, 1.807) is 38.5 Å². The first-order valence-corrected chi connectivity index (χ1v) is 5.74. The van der Waals surface area contributed by atoms with Crippen molar-refractivity contribution in [2.75, 3.05) is 27.4 Å². The number of methoxy groups -OCH3 is 2. The van der Waals surface area contributed by atoms with Gasteiger partial charge in [-0.1, -0.05) is 12.1 Å². The molecule has 0 radical (unpaired) electrons. The molecular weight excluding hydrogens is 244 g/mol. The molecule has 0 saturated carbocycles. The van der Waals surface area contributed by atoms with Crippen LogP contribution in [-0.4, -0.2) is 33.3 Å². The van der Waals surface area contributed by atoms with E-state index in [1.807, 2.05) is 6.07 Å². The summed E-state index contributed by atoms with van der Waals surface area (Å²) in [6.07, 6.45) is 1.52. The SMILES string of the molecule is COCCNC(=O)/C(C#N)=C/c1cccc(OC)c1. The first-order valence-electron chi connectivity index (χ1n) is 5.74. The molecule has 0 fully saturated rings. The first kappa shape index (κ1) is 14.7. The molecule has 0 bridgehead atoms. The molecule has 1 aromatic rings. The zero-order valence-electron chi connectivity index (χ0n) is 11.0. The number of ether oxygens (including phenoxy) is 2. The molecule has 100 valence electrons. The summed E-state index contributed by atoms with van der Waals surface area (Å²) < 4.78 is 9.90. The van der Waals surface area contributed by atoms with Gasteiger partial charge in [-0.2, -0.15) is 5.26 Å². The fourth-order valence-electron chi connectivity index (χ4n) is 1.41. The Balaban J connectivity index is 2.80. The van der Waals surface area contributed by atoms with E-state index in [-0.39, 0.29) is 5.57 Å². The van der Waals surface area contributed by atoms with Gasteiger partial charge in [-0.25, -0.2) is 0 Å². The van der Waals surface area contributed by atoms with Gasteiger partial charge in [0.2, 0.25) is 0 Å². The fourth-order valence-corrected chi connectivity index (χ4v) is 1.41. The lowest BCUT2D eigenvalue weighted by atomic mass is 10.1. The first-order chi connectivity index (χ1) is 9.21. The minimum Gasteiger partial charge on any atom is -0.497 e. The van der Waals surface area contributed by atoms with Gasteiger partial charge in [0.1, 0.15) is 17.4 Å². The summed E-state index contributed by atoms with van der Waals surface area (Å²) in [7, 11) is 3.11. The predicted octanol–water partition coefficient (Wildman–Crippen LogP) is 1.36. The van der Waals surface area contributed by atoms with E-state index >= 15 is 0 Å². The molecule has 0 aliphatic rings. The molecule has 1 N–H and O–H groups in total. The second-order valence-corrected chi connectivity index (χ2v) is 3.70. The van der Waals surface area contributed by atoms with Gasteiger partial charge in [-0.15, -0.1) is 0 Å². The Kier molecular flexibility index (Phi) is 6.13. The quantitative estimate of drug-likeness (QED) is 0.476. The Bertz CT molecular complexity index is 504. The van der Waals surface area contributed by atoms with Crippen molar-refractivity contribution in [3.8, 4) is 11.8 Å². The largest absolute Gasteiger partial charge is 0.497 e. The Morgan fingerprint density at radius 3 is 2.89 bits per heavy atom. The highest BCUT2D eigenvalue weighted by molar-refractivity contribution is 6.01. The number of hydrogen-bond donors (Lipinski definition) is 1. The Morgan fingerprint density at radius 1 is 1.47 bits per heavy atom. The highest BCUT2D eigenvalue weighted by Crippen LogP contribution is 2.15. The molecule has 0 unspecified atom stereocenters. The number of amides is 1. The van der Waals surface area contributed by atoms with Crippen LogP contribution in [0.2, 0.25) is 0 Å². The van der Waals surface area contributed by atoms with E-state index in [1.165, 1.54) is 6.08 Å². The van der Waals surface area contributed by atoms with E-state index in [0.717, 1.165) is 5.56 Å². The van der Waals surface area contributed by atoms with E-state index in [4.69, 9.17) is 14.7 Å². The molecule has 0 aromatic heterocycles. The van der Waals surface area contributed by atoms with Crippen LogP contribution in [0.3, 0.4) is 0 Å². The van der Waals surface area contributed by atoms with Crippen molar-refractivity contribution in [1.29, 1.82) is 5.26 Å². The van der Waals surface area contributed by atoms with Crippen molar-refractivity contribution in [2.45, 2.75) is 0 Å². The van der Waals surface area contributed by atoms with Crippen LogP contribution in [0.4, 0.5) is 0 Å². The third-order valence-corrected chi connectivity index (χ3v) is 2.36. The second kappa shape index (κ2) is 7.90. The van der Waals surface area contributed by atoms with Crippen LogP contribution in [0.1, 0.15) is 5.56 Å². The topological polar surface area (TPSA) is 71.3 Å². The summed E-state index contributed by atoms with van der Waals surface area (Å²) in [4.78, 5) is 11.7. The van der Waals surface area contributed by atoms with Gasteiger partial charge >= 0.3 is 0 Å². The van der Waals surface area contributed by atoms with E-state index in [9.17, 15) is 4.79 Å². The average molecular weight is 260 g/mol. The van der Waals surface area contributed by atoms with Crippen LogP contribution in [0, 0.1) is 11.3 Å². The van der Waals surface area contributed by atoms with Crippen LogP contribution in [0.5, 0.6) is 5.75 Å². The summed E-state index contributed by atoms with van der Waals surface area (Å²) in [6, 6.07) is 9.01. The van der Waals surface area contributed by atoms with Gasteiger partial charge in [0.05, 0.1) is 13.7 Å². The van der Waals surface area contributed by atoms with Gasteiger partial charge in [-0.3, -0.25) is 4.79 Å². The summed E-state index contributed by atoms with van der Waals surface area (Å²) in [5.74, 6) is 0.258. The second-order valence-electron chi connectivity index (χ2n) is 3.70. The normalized spacial score (nSPS) is 10.7. The summed E-state index contributed by atoms with van der Waals surface area (Å²) in [5.41, 5.74) is 0.780. The van der Waals surface area contributed by atoms with Crippen LogP contribution in [0.15, 0.2) is 29.8 Å². The van der Waals surface area contributed by atoms with Crippen molar-refractivity contribution >= 4 is 12.0 Å². The van der Waals surface area contributed by atoms with Gasteiger partial charge < -0.3 is 14.8 Å². The standard InChI is InChI=1S/C14H16N2O3/c1-18-7-6-16-14(17)12(10-15)8-11-4-3-5-13(9-11)19-2/h3-5,8-9H,6-7H2,1-2H3,(H,16,17)/b12-8+. The minimum absolute atomic E-state index is 0.0457. The Morgan fingerprint density at radius 2 is 2.26 bits per heavy atom. The predicted molar refractivity (Wildman–Crippen MR) is 71.5 cm³/mol. The molecule has 1 aromatic carbocycles. The highest BCUT2D eigenvalue weighted by Gasteiger charge is 2.08. The third kappa shape index (κ3) is 4.82. The fraction of sp³-hybridized carbons (Fsp3) is 0.286. The van der Waals surface area contributed by atoms with Gasteiger partial charge in [0.25, 0.3) is 5.91 Å². The van der Waals surface area contributed by atoms with Crippen LogP contribution >= 0.6 is 0 Å². The van der Waals surface area contributed by atoms with Gasteiger partial charge in [0.15, 0.2) is 0 Å². The monoisotopic (exact) mass is 260 g/mol. The van der Waals surface area contributed by atoms with Crippen LogP contribution < -0.4 is 10.1 Å². The Labute approximate surface area is 112 Å². The third-order valence-electron chi connectivity index (χ3n) is 2.36. The molecule has 0 atom stereocenters. The smallest absolute Gasteiger partial charge is 0.262 e. The lowest BCUT2D eigenvalue weighted by Gasteiger charge is -2.04. The maximum Gasteiger partial charge on any atom is 0.262 e. The minimum atomic E-state index is -0.414. The average Bonchev–Trinajstić information content (AvgIpc) is 2.45. The lowest BCUT2D eigenvalue weighted by molar-refractivity contribution is -0.117. The van der Waals surface area contributed by atoms with Crippen LogP contribution in [-0.2, 0) is 9.53 Å². The summed E-state index contributed by atoms with van der Waals surface area (Å²) >= 11 is 0. The number of hydrogen-bond acceptors (Lipinski definition) is 4. The number of benzene rings is 1. The Hall–Kier alpha value is -2.32. The number of rotatable bonds is 6. The molecule has 0 aliphatic carbocycles. The number of nitriles is 1. The highest BCUT2D eigenvalue weighted by atomic mass is 16.5. The lowest BCUT2D eigenvalue weighted by Crippen LogP contribution is -2.27. The molecule has 5 nitrogen and oxygen atoms in total. The zero-order chi connectivity index (χ0) is 14.1. The summed E-state index contributed by atoms with van der Waals surface area (Å²) in [5, 5.41) is 11.6. The van der Waals surface area contributed by atoms with Crippen molar-refractivity contribution < 1.29 is 14.3 Å². The summed E-state index contributed by atoms with van der Waals surface area (Å²) in [6.45, 7) is 0.774. The van der Waals surface area contributed by atoms with Crippen molar-refractivity contribution in [3.63, 3.8) is 0 Å².